The van der Waals surface area contributed by atoms with Gasteiger partial charge in [-0.3, -0.25) is 0 Å². The first-order valence-corrected chi connectivity index (χ1v) is 5.48. The van der Waals surface area contributed by atoms with Crippen molar-refractivity contribution in [3.05, 3.63) is 47.8 Å². The Balaban J connectivity index is 2.54. The van der Waals surface area contributed by atoms with Crippen molar-refractivity contribution in [2.24, 2.45) is 5.73 Å². The number of rotatable bonds is 2. The van der Waals surface area contributed by atoms with Crippen molar-refractivity contribution < 1.29 is 4.39 Å². The Hall–Kier alpha value is -1.68. The maximum atomic E-state index is 13.5. The fourth-order valence-electron chi connectivity index (χ4n) is 1.71. The molecule has 2 N–H and O–H groups in total. The van der Waals surface area contributed by atoms with Gasteiger partial charge in [-0.25, -0.2) is 9.37 Å². The molecule has 2 aromatic rings. The Morgan fingerprint density at radius 3 is 2.65 bits per heavy atom. The summed E-state index contributed by atoms with van der Waals surface area (Å²) in [6, 6.07) is 5.10. The average molecular weight is 233 g/mol. The van der Waals surface area contributed by atoms with E-state index in [-0.39, 0.29) is 5.82 Å². The molecule has 0 aliphatic heterocycles. The molecular weight excluding hydrogens is 217 g/mol. The van der Waals surface area contributed by atoms with E-state index in [9.17, 15) is 4.39 Å². The summed E-state index contributed by atoms with van der Waals surface area (Å²) < 4.78 is 15.3. The van der Waals surface area contributed by atoms with Crippen LogP contribution in [0.15, 0.2) is 30.7 Å². The van der Waals surface area contributed by atoms with E-state index in [0.29, 0.717) is 5.56 Å². The molecule has 0 saturated heterocycles. The van der Waals surface area contributed by atoms with Crippen molar-refractivity contribution in [3.8, 4) is 5.69 Å². The highest BCUT2D eigenvalue weighted by atomic mass is 19.1. The van der Waals surface area contributed by atoms with Crippen molar-refractivity contribution in [1.29, 1.82) is 0 Å². The number of halogens is 1. The van der Waals surface area contributed by atoms with E-state index in [4.69, 9.17) is 5.73 Å². The molecule has 0 amide bonds. The van der Waals surface area contributed by atoms with Crippen molar-refractivity contribution >= 4 is 0 Å². The van der Waals surface area contributed by atoms with Crippen LogP contribution in [0.4, 0.5) is 4.39 Å². The average Bonchev–Trinajstić information content (AvgIpc) is 2.70. The van der Waals surface area contributed by atoms with Crippen LogP contribution in [0, 0.1) is 12.7 Å². The van der Waals surface area contributed by atoms with Crippen LogP contribution < -0.4 is 5.73 Å². The first-order chi connectivity index (χ1) is 7.89. The summed E-state index contributed by atoms with van der Waals surface area (Å²) >= 11 is 0. The summed E-state index contributed by atoms with van der Waals surface area (Å²) in [4.78, 5) is 4.08. The molecule has 0 spiro atoms. The van der Waals surface area contributed by atoms with Crippen LogP contribution in [0.3, 0.4) is 0 Å². The monoisotopic (exact) mass is 233 g/mol. The molecule has 2 rings (SSSR count). The van der Waals surface area contributed by atoms with Gasteiger partial charge < -0.3 is 10.3 Å². The summed E-state index contributed by atoms with van der Waals surface area (Å²) in [7, 11) is 0. The zero-order chi connectivity index (χ0) is 12.6. The number of aryl methyl sites for hydroxylation is 1. The zero-order valence-electron chi connectivity index (χ0n) is 10.2. The second-order valence-electron chi connectivity index (χ2n) is 4.80. The lowest BCUT2D eigenvalue weighted by molar-refractivity contribution is 0.524. The van der Waals surface area contributed by atoms with Gasteiger partial charge in [0.05, 0.1) is 23.8 Å². The summed E-state index contributed by atoms with van der Waals surface area (Å²) in [5.41, 5.74) is 7.75. The predicted octanol–water partition coefficient (Wildman–Crippen LogP) is 2.51. The van der Waals surface area contributed by atoms with E-state index in [1.807, 2.05) is 24.5 Å². The molecule has 1 heterocycles. The number of imidazole rings is 1. The third-order valence-electron chi connectivity index (χ3n) is 2.73. The van der Waals surface area contributed by atoms with Gasteiger partial charge in [0.2, 0.25) is 0 Å². The molecule has 17 heavy (non-hydrogen) atoms. The third-order valence-corrected chi connectivity index (χ3v) is 2.73. The maximum Gasteiger partial charge on any atom is 0.128 e. The molecule has 0 radical (unpaired) electrons. The molecule has 1 aromatic heterocycles. The third kappa shape index (κ3) is 2.22. The molecule has 0 fully saturated rings. The number of nitrogens with zero attached hydrogens (tertiary/aromatic N) is 2. The van der Waals surface area contributed by atoms with Gasteiger partial charge in [-0.05, 0) is 38.5 Å². The number of hydrogen-bond donors (Lipinski definition) is 1. The maximum absolute atomic E-state index is 13.5. The summed E-state index contributed by atoms with van der Waals surface area (Å²) in [6.45, 7) is 5.52. The molecular formula is C13H16FN3. The van der Waals surface area contributed by atoms with Gasteiger partial charge in [-0.2, -0.15) is 0 Å². The highest BCUT2D eigenvalue weighted by molar-refractivity contribution is 5.38. The highest BCUT2D eigenvalue weighted by Crippen LogP contribution is 2.21. The minimum absolute atomic E-state index is 0.225. The van der Waals surface area contributed by atoms with Gasteiger partial charge in [0, 0.05) is 5.69 Å². The molecule has 0 atom stereocenters. The lowest BCUT2D eigenvalue weighted by Crippen LogP contribution is -2.31. The number of hydrogen-bond acceptors (Lipinski definition) is 2. The summed E-state index contributed by atoms with van der Waals surface area (Å²) in [5, 5.41) is 0. The van der Waals surface area contributed by atoms with Gasteiger partial charge in [-0.15, -0.1) is 0 Å². The van der Waals surface area contributed by atoms with Gasteiger partial charge in [0.1, 0.15) is 5.82 Å². The molecule has 4 heteroatoms. The van der Waals surface area contributed by atoms with Crippen molar-refractivity contribution in [2.75, 3.05) is 0 Å². The molecule has 0 saturated carbocycles. The van der Waals surface area contributed by atoms with Gasteiger partial charge in [-0.1, -0.05) is 6.07 Å². The minimum atomic E-state index is -0.516. The van der Waals surface area contributed by atoms with Crippen molar-refractivity contribution in [3.63, 3.8) is 0 Å². The summed E-state index contributed by atoms with van der Waals surface area (Å²) in [6.07, 6.45) is 3.35. The Kier molecular flexibility index (Phi) is 2.75. The minimum Gasteiger partial charge on any atom is -0.321 e. The van der Waals surface area contributed by atoms with Crippen LogP contribution >= 0.6 is 0 Å². The molecule has 3 nitrogen and oxygen atoms in total. The molecule has 0 unspecified atom stereocenters. The zero-order valence-corrected chi connectivity index (χ0v) is 10.2. The van der Waals surface area contributed by atoms with E-state index >= 15 is 0 Å². The van der Waals surface area contributed by atoms with Gasteiger partial charge in [0.25, 0.3) is 0 Å². The standard InChI is InChI=1S/C13H16FN3/c1-9-4-5-10(6-11(9)14)17-8-16-7-12(17)13(2,3)15/h4-8H,15H2,1-3H3. The van der Waals surface area contributed by atoms with Crippen LogP contribution in [0.2, 0.25) is 0 Å². The van der Waals surface area contributed by atoms with Crippen molar-refractivity contribution in [2.45, 2.75) is 26.3 Å². The lowest BCUT2D eigenvalue weighted by Gasteiger charge is -2.20. The predicted molar refractivity (Wildman–Crippen MR) is 65.5 cm³/mol. The van der Waals surface area contributed by atoms with Gasteiger partial charge >= 0.3 is 0 Å². The molecule has 0 aliphatic carbocycles. The lowest BCUT2D eigenvalue weighted by atomic mass is 10.0. The smallest absolute Gasteiger partial charge is 0.128 e. The fraction of sp³-hybridized carbons (Fsp3) is 0.308. The van der Waals surface area contributed by atoms with E-state index < -0.39 is 5.54 Å². The molecule has 0 bridgehead atoms. The highest BCUT2D eigenvalue weighted by Gasteiger charge is 2.19. The second kappa shape index (κ2) is 3.96. The summed E-state index contributed by atoms with van der Waals surface area (Å²) in [5.74, 6) is -0.225. The van der Waals surface area contributed by atoms with Crippen LogP contribution in [0.1, 0.15) is 25.1 Å². The van der Waals surface area contributed by atoms with E-state index in [0.717, 1.165) is 11.4 Å². The Morgan fingerprint density at radius 2 is 2.06 bits per heavy atom. The molecule has 90 valence electrons. The van der Waals surface area contributed by atoms with Crippen LogP contribution in [-0.4, -0.2) is 9.55 Å². The van der Waals surface area contributed by atoms with Crippen LogP contribution in [0.5, 0.6) is 0 Å². The van der Waals surface area contributed by atoms with E-state index in [2.05, 4.69) is 4.98 Å². The normalized spacial score (nSPS) is 11.8. The fourth-order valence-corrected chi connectivity index (χ4v) is 1.71. The molecule has 0 aliphatic rings. The Morgan fingerprint density at radius 1 is 1.35 bits per heavy atom. The Labute approximate surface area is 100 Å². The first-order valence-electron chi connectivity index (χ1n) is 5.48. The SMILES string of the molecule is Cc1ccc(-n2cncc2C(C)(C)N)cc1F. The van der Waals surface area contributed by atoms with E-state index in [1.165, 1.54) is 6.07 Å². The van der Waals surface area contributed by atoms with Crippen molar-refractivity contribution in [1.82, 2.24) is 9.55 Å². The topological polar surface area (TPSA) is 43.8 Å². The second-order valence-corrected chi connectivity index (χ2v) is 4.80. The number of benzene rings is 1. The largest absolute Gasteiger partial charge is 0.321 e. The number of nitrogens with two attached hydrogens (primary N) is 1. The molecule has 1 aromatic carbocycles. The van der Waals surface area contributed by atoms with Gasteiger partial charge in [0.15, 0.2) is 0 Å². The van der Waals surface area contributed by atoms with E-state index in [1.54, 1.807) is 25.5 Å². The number of aromatic nitrogens is 2. The van der Waals surface area contributed by atoms with Crippen LogP contribution in [-0.2, 0) is 5.54 Å². The Bertz CT molecular complexity index is 538. The quantitative estimate of drug-likeness (QED) is 0.866. The van der Waals surface area contributed by atoms with Crippen LogP contribution in [0.25, 0.3) is 5.69 Å². The first kappa shape index (κ1) is 11.8.